The van der Waals surface area contributed by atoms with Gasteiger partial charge in [0.15, 0.2) is 0 Å². The molecule has 104 valence electrons. The topological polar surface area (TPSA) is 62.5 Å². The first-order valence-corrected chi connectivity index (χ1v) is 6.75. The molecule has 0 bridgehead atoms. The van der Waals surface area contributed by atoms with Crippen LogP contribution >= 0.6 is 0 Å². The SMILES string of the molecule is CC(=O)N1CCN(C(c2ccccn2)C(C)N)CC1. The summed E-state index contributed by atoms with van der Waals surface area (Å²) in [5.74, 6) is 0.148. The Morgan fingerprint density at radius 3 is 2.47 bits per heavy atom. The normalized spacial score (nSPS) is 20.1. The second-order valence-corrected chi connectivity index (χ2v) is 5.10. The largest absolute Gasteiger partial charge is 0.340 e. The lowest BCUT2D eigenvalue weighted by Crippen LogP contribution is -2.52. The predicted octanol–water partition coefficient (Wildman–Crippen LogP) is 0.634. The van der Waals surface area contributed by atoms with Crippen molar-refractivity contribution in [2.24, 2.45) is 5.73 Å². The number of nitrogens with two attached hydrogens (primary N) is 1. The molecule has 2 heterocycles. The number of amides is 1. The molecule has 5 heteroatoms. The highest BCUT2D eigenvalue weighted by atomic mass is 16.2. The van der Waals surface area contributed by atoms with Gasteiger partial charge in [-0.25, -0.2) is 0 Å². The van der Waals surface area contributed by atoms with Crippen LogP contribution in [0.4, 0.5) is 0 Å². The van der Waals surface area contributed by atoms with E-state index in [1.807, 2.05) is 30.0 Å². The van der Waals surface area contributed by atoms with Crippen LogP contribution in [0.3, 0.4) is 0 Å². The number of hydrogen-bond acceptors (Lipinski definition) is 4. The Labute approximate surface area is 114 Å². The third-order valence-electron chi connectivity index (χ3n) is 3.64. The number of hydrogen-bond donors (Lipinski definition) is 1. The van der Waals surface area contributed by atoms with Crippen molar-refractivity contribution in [1.29, 1.82) is 0 Å². The molecule has 2 unspecified atom stereocenters. The van der Waals surface area contributed by atoms with Crippen LogP contribution in [0, 0.1) is 0 Å². The van der Waals surface area contributed by atoms with E-state index in [0.717, 1.165) is 31.9 Å². The molecule has 2 atom stereocenters. The number of carbonyl (C=O) groups excluding carboxylic acids is 1. The molecule has 1 aliphatic rings. The van der Waals surface area contributed by atoms with E-state index >= 15 is 0 Å². The summed E-state index contributed by atoms with van der Waals surface area (Å²) < 4.78 is 0. The quantitative estimate of drug-likeness (QED) is 0.868. The Morgan fingerprint density at radius 1 is 1.32 bits per heavy atom. The van der Waals surface area contributed by atoms with Crippen molar-refractivity contribution in [1.82, 2.24) is 14.8 Å². The van der Waals surface area contributed by atoms with Gasteiger partial charge in [-0.2, -0.15) is 0 Å². The molecule has 0 radical (unpaired) electrons. The van der Waals surface area contributed by atoms with Crippen LogP contribution in [-0.2, 0) is 4.79 Å². The summed E-state index contributed by atoms with van der Waals surface area (Å²) >= 11 is 0. The van der Waals surface area contributed by atoms with Crippen LogP contribution < -0.4 is 5.73 Å². The van der Waals surface area contributed by atoms with Crippen LogP contribution in [0.2, 0.25) is 0 Å². The third kappa shape index (κ3) is 3.30. The number of aromatic nitrogens is 1. The van der Waals surface area contributed by atoms with Crippen LogP contribution in [0.25, 0.3) is 0 Å². The van der Waals surface area contributed by atoms with Crippen molar-refractivity contribution < 1.29 is 4.79 Å². The van der Waals surface area contributed by atoms with E-state index in [4.69, 9.17) is 5.73 Å². The Bertz CT molecular complexity index is 413. The molecule has 2 N–H and O–H groups in total. The minimum Gasteiger partial charge on any atom is -0.340 e. The molecule has 19 heavy (non-hydrogen) atoms. The van der Waals surface area contributed by atoms with Gasteiger partial charge in [0.25, 0.3) is 0 Å². The fraction of sp³-hybridized carbons (Fsp3) is 0.571. The molecule has 5 nitrogen and oxygen atoms in total. The van der Waals surface area contributed by atoms with Gasteiger partial charge < -0.3 is 10.6 Å². The Kier molecular flexibility index (Phi) is 4.50. The maximum Gasteiger partial charge on any atom is 0.219 e. The average Bonchev–Trinajstić information content (AvgIpc) is 2.40. The van der Waals surface area contributed by atoms with E-state index in [1.54, 1.807) is 13.1 Å². The van der Waals surface area contributed by atoms with Gasteiger partial charge in [-0.1, -0.05) is 6.07 Å². The maximum absolute atomic E-state index is 11.3. The van der Waals surface area contributed by atoms with E-state index < -0.39 is 0 Å². The minimum absolute atomic E-state index is 0.0128. The Hall–Kier alpha value is -1.46. The second kappa shape index (κ2) is 6.12. The fourth-order valence-electron chi connectivity index (χ4n) is 2.65. The van der Waals surface area contributed by atoms with Gasteiger partial charge in [0, 0.05) is 45.3 Å². The molecule has 1 aromatic heterocycles. The lowest BCUT2D eigenvalue weighted by Gasteiger charge is -2.40. The summed E-state index contributed by atoms with van der Waals surface area (Å²) in [5, 5.41) is 0. The molecule has 1 aromatic rings. The fourth-order valence-corrected chi connectivity index (χ4v) is 2.65. The smallest absolute Gasteiger partial charge is 0.219 e. The standard InChI is InChI=1S/C14H22N4O/c1-11(15)14(13-5-3-4-6-16-13)18-9-7-17(8-10-18)12(2)19/h3-6,11,14H,7-10,15H2,1-2H3. The van der Waals surface area contributed by atoms with Crippen molar-refractivity contribution >= 4 is 5.91 Å². The molecule has 1 saturated heterocycles. The molecule has 2 rings (SSSR count). The molecular weight excluding hydrogens is 240 g/mol. The van der Waals surface area contributed by atoms with Crippen molar-refractivity contribution in [3.05, 3.63) is 30.1 Å². The van der Waals surface area contributed by atoms with E-state index in [0.29, 0.717) is 0 Å². The molecule has 0 saturated carbocycles. The zero-order valence-corrected chi connectivity index (χ0v) is 11.6. The van der Waals surface area contributed by atoms with Crippen LogP contribution in [-0.4, -0.2) is 52.9 Å². The van der Waals surface area contributed by atoms with Crippen molar-refractivity contribution in [3.63, 3.8) is 0 Å². The molecule has 0 spiro atoms. The van der Waals surface area contributed by atoms with Crippen LogP contribution in [0.1, 0.15) is 25.6 Å². The van der Waals surface area contributed by atoms with Crippen LogP contribution in [0.15, 0.2) is 24.4 Å². The second-order valence-electron chi connectivity index (χ2n) is 5.10. The van der Waals surface area contributed by atoms with Gasteiger partial charge in [0.1, 0.15) is 0 Å². The number of pyridine rings is 1. The van der Waals surface area contributed by atoms with E-state index in [2.05, 4.69) is 9.88 Å². The molecule has 1 aliphatic heterocycles. The lowest BCUT2D eigenvalue weighted by molar-refractivity contribution is -0.130. The molecule has 0 aliphatic carbocycles. The Morgan fingerprint density at radius 2 is 2.00 bits per heavy atom. The van der Waals surface area contributed by atoms with Crippen molar-refractivity contribution in [2.75, 3.05) is 26.2 Å². The zero-order chi connectivity index (χ0) is 13.8. The van der Waals surface area contributed by atoms with E-state index in [1.165, 1.54) is 0 Å². The third-order valence-corrected chi connectivity index (χ3v) is 3.64. The highest BCUT2D eigenvalue weighted by Gasteiger charge is 2.28. The first-order valence-electron chi connectivity index (χ1n) is 6.75. The molecule has 0 aromatic carbocycles. The monoisotopic (exact) mass is 262 g/mol. The predicted molar refractivity (Wildman–Crippen MR) is 74.5 cm³/mol. The summed E-state index contributed by atoms with van der Waals surface area (Å²) in [7, 11) is 0. The highest BCUT2D eigenvalue weighted by Crippen LogP contribution is 2.23. The van der Waals surface area contributed by atoms with Gasteiger partial charge in [-0.3, -0.25) is 14.7 Å². The maximum atomic E-state index is 11.3. The van der Waals surface area contributed by atoms with E-state index in [9.17, 15) is 4.79 Å². The minimum atomic E-state index is 0.0128. The number of rotatable bonds is 3. The van der Waals surface area contributed by atoms with Crippen LogP contribution in [0.5, 0.6) is 0 Å². The summed E-state index contributed by atoms with van der Waals surface area (Å²) in [6.45, 7) is 6.87. The number of carbonyl (C=O) groups is 1. The van der Waals surface area contributed by atoms with E-state index in [-0.39, 0.29) is 18.0 Å². The summed E-state index contributed by atoms with van der Waals surface area (Å²) in [6.07, 6.45) is 1.80. The van der Waals surface area contributed by atoms with Gasteiger partial charge in [0.05, 0.1) is 11.7 Å². The number of nitrogens with zero attached hydrogens (tertiary/aromatic N) is 3. The first kappa shape index (κ1) is 14.0. The van der Waals surface area contributed by atoms with Gasteiger partial charge in [-0.05, 0) is 19.1 Å². The Balaban J connectivity index is 2.08. The molecule has 1 amide bonds. The number of piperazine rings is 1. The lowest BCUT2D eigenvalue weighted by atomic mass is 10.0. The van der Waals surface area contributed by atoms with Crippen molar-refractivity contribution in [3.8, 4) is 0 Å². The first-order chi connectivity index (χ1) is 9.09. The van der Waals surface area contributed by atoms with Gasteiger partial charge >= 0.3 is 0 Å². The average molecular weight is 262 g/mol. The van der Waals surface area contributed by atoms with Gasteiger partial charge in [-0.15, -0.1) is 0 Å². The van der Waals surface area contributed by atoms with Gasteiger partial charge in [0.2, 0.25) is 5.91 Å². The molecule has 1 fully saturated rings. The summed E-state index contributed by atoms with van der Waals surface area (Å²) in [5.41, 5.74) is 7.14. The zero-order valence-electron chi connectivity index (χ0n) is 11.6. The summed E-state index contributed by atoms with van der Waals surface area (Å²) in [6, 6.07) is 6.05. The molecular formula is C14H22N4O. The highest BCUT2D eigenvalue weighted by molar-refractivity contribution is 5.73. The summed E-state index contributed by atoms with van der Waals surface area (Å²) in [4.78, 5) is 20.0. The van der Waals surface area contributed by atoms with Crippen molar-refractivity contribution in [2.45, 2.75) is 25.9 Å².